The van der Waals surface area contributed by atoms with Gasteiger partial charge in [0.1, 0.15) is 11.7 Å². The van der Waals surface area contributed by atoms with Gasteiger partial charge in [-0.05, 0) is 46.2 Å². The second-order valence-electron chi connectivity index (χ2n) is 10.5. The maximum atomic E-state index is 15.1. The summed E-state index contributed by atoms with van der Waals surface area (Å²) in [5.74, 6) is -0.936. The third-order valence-electron chi connectivity index (χ3n) is 7.24. The van der Waals surface area contributed by atoms with Crippen LogP contribution in [-0.2, 0) is 20.5 Å². The van der Waals surface area contributed by atoms with Gasteiger partial charge >= 0.3 is 7.12 Å². The molecule has 8 nitrogen and oxygen atoms in total. The summed E-state index contributed by atoms with van der Waals surface area (Å²) < 4.78 is 32.9. The Morgan fingerprint density at radius 1 is 1.19 bits per heavy atom. The van der Waals surface area contributed by atoms with Crippen LogP contribution in [0.2, 0.25) is 0 Å². The number of nitrogens with two attached hydrogens (primary N) is 1. The highest BCUT2D eigenvalue weighted by Crippen LogP contribution is 2.36. The van der Waals surface area contributed by atoms with Crippen molar-refractivity contribution >= 4 is 24.4 Å². The number of benzene rings is 1. The van der Waals surface area contributed by atoms with E-state index in [-0.39, 0.29) is 36.7 Å². The number of likely N-dealkylation sites (tertiary alicyclic amines) is 1. The van der Waals surface area contributed by atoms with E-state index in [1.54, 1.807) is 0 Å². The molecule has 36 heavy (non-hydrogen) atoms. The number of alkyl halides is 1. The minimum absolute atomic E-state index is 0.0206. The van der Waals surface area contributed by atoms with Gasteiger partial charge in [0.05, 0.1) is 24.2 Å². The van der Waals surface area contributed by atoms with Crippen LogP contribution in [-0.4, -0.2) is 65.4 Å². The molecule has 2 aliphatic rings. The summed E-state index contributed by atoms with van der Waals surface area (Å²) >= 11 is 0. The van der Waals surface area contributed by atoms with E-state index in [0.29, 0.717) is 12.0 Å². The Morgan fingerprint density at radius 3 is 2.42 bits per heavy atom. The fourth-order valence-corrected chi connectivity index (χ4v) is 4.23. The molecule has 3 heterocycles. The van der Waals surface area contributed by atoms with Crippen molar-refractivity contribution in [1.29, 1.82) is 0 Å². The van der Waals surface area contributed by atoms with Crippen LogP contribution in [0, 0.1) is 6.92 Å². The number of halogens is 1. The lowest BCUT2D eigenvalue weighted by Gasteiger charge is -2.34. The summed E-state index contributed by atoms with van der Waals surface area (Å²) in [6.45, 7) is 9.92. The van der Waals surface area contributed by atoms with Crippen molar-refractivity contribution < 1.29 is 28.0 Å². The van der Waals surface area contributed by atoms with E-state index in [9.17, 15) is 9.59 Å². The van der Waals surface area contributed by atoms with E-state index in [2.05, 4.69) is 4.98 Å². The number of amides is 2. The van der Waals surface area contributed by atoms with Crippen LogP contribution >= 0.6 is 0 Å². The number of nitrogens with zero attached hydrogens (tertiary/aromatic N) is 2. The highest BCUT2D eigenvalue weighted by molar-refractivity contribution is 6.62. The number of primary amides is 1. The summed E-state index contributed by atoms with van der Waals surface area (Å²) in [5, 5.41) is 0. The van der Waals surface area contributed by atoms with Gasteiger partial charge in [0.2, 0.25) is 11.8 Å². The molecular weight excluding hydrogens is 464 g/mol. The normalized spacial score (nSPS) is 22.9. The number of rotatable bonds is 6. The second kappa shape index (κ2) is 9.82. The summed E-state index contributed by atoms with van der Waals surface area (Å²) in [6, 6.07) is 9.21. The maximum Gasteiger partial charge on any atom is 0.496 e. The van der Waals surface area contributed by atoms with Crippen molar-refractivity contribution in [2.24, 2.45) is 5.73 Å². The Hall–Kier alpha value is -2.98. The van der Waals surface area contributed by atoms with Crippen LogP contribution in [0.3, 0.4) is 0 Å². The summed E-state index contributed by atoms with van der Waals surface area (Å²) in [6.07, 6.45) is -0.337. The van der Waals surface area contributed by atoms with Gasteiger partial charge in [0.15, 0.2) is 6.17 Å². The lowest BCUT2D eigenvalue weighted by molar-refractivity contribution is -0.134. The Labute approximate surface area is 211 Å². The fraction of sp³-hybridized carbons (Fsp3) is 0.500. The number of ether oxygens (including phenoxy) is 1. The molecule has 2 saturated heterocycles. The number of hydrogen-bond acceptors (Lipinski definition) is 6. The number of aromatic nitrogens is 1. The zero-order valence-electron chi connectivity index (χ0n) is 21.4. The van der Waals surface area contributed by atoms with Gasteiger partial charge in [-0.25, -0.2) is 9.37 Å². The molecule has 0 bridgehead atoms. The van der Waals surface area contributed by atoms with Gasteiger partial charge in [-0.1, -0.05) is 29.8 Å². The predicted octanol–water partition coefficient (Wildman–Crippen LogP) is 2.35. The molecule has 2 amide bonds. The average Bonchev–Trinajstić information content (AvgIpc) is 3.03. The molecule has 0 spiro atoms. The number of piperidine rings is 1. The van der Waals surface area contributed by atoms with Gasteiger partial charge in [0, 0.05) is 24.6 Å². The molecule has 2 fully saturated rings. The largest absolute Gasteiger partial charge is 0.496 e. The number of carbonyl (C=O) groups excluding carboxylic acids is 2. The molecule has 1 aromatic heterocycles. The standard InChI is InChI=1S/C26H33BFN3O5/c1-16-6-8-17(9-7-16)12-22(32)31-11-10-21(20(28)15-31)34-24-19(23(29)33)13-18(14-30-24)27-35-25(2,3)26(4,5)36-27/h6-9,13-14,20-21H,10-12,15H2,1-5H3,(H2,29,33)/t20-,21+/m1/s1. The van der Waals surface area contributed by atoms with Gasteiger partial charge < -0.3 is 24.7 Å². The van der Waals surface area contributed by atoms with Crippen LogP contribution in [0.25, 0.3) is 0 Å². The molecule has 0 saturated carbocycles. The van der Waals surface area contributed by atoms with Gasteiger partial charge in [-0.3, -0.25) is 9.59 Å². The highest BCUT2D eigenvalue weighted by atomic mass is 19.1. The molecule has 4 rings (SSSR count). The molecule has 0 radical (unpaired) electrons. The Kier molecular flexibility index (Phi) is 7.12. The molecule has 1 aromatic carbocycles. The van der Waals surface area contributed by atoms with Gasteiger partial charge in [0.25, 0.3) is 5.91 Å². The number of pyridine rings is 1. The van der Waals surface area contributed by atoms with Crippen molar-refractivity contribution in [2.45, 2.75) is 70.9 Å². The lowest BCUT2D eigenvalue weighted by atomic mass is 9.79. The van der Waals surface area contributed by atoms with Crippen molar-refractivity contribution in [3.63, 3.8) is 0 Å². The first kappa shape index (κ1) is 26.1. The summed E-state index contributed by atoms with van der Waals surface area (Å²) in [4.78, 5) is 30.6. The molecule has 2 atom stereocenters. The number of carbonyl (C=O) groups is 2. The van der Waals surface area contributed by atoms with E-state index in [0.717, 1.165) is 11.1 Å². The van der Waals surface area contributed by atoms with E-state index < -0.39 is 36.5 Å². The Bertz CT molecular complexity index is 1120. The highest BCUT2D eigenvalue weighted by Gasteiger charge is 2.52. The zero-order valence-corrected chi connectivity index (χ0v) is 21.4. The minimum atomic E-state index is -1.44. The molecule has 2 N–H and O–H groups in total. The van der Waals surface area contributed by atoms with Crippen LogP contribution < -0.4 is 15.9 Å². The topological polar surface area (TPSA) is 104 Å². The van der Waals surface area contributed by atoms with Gasteiger partial charge in [-0.2, -0.15) is 0 Å². The third-order valence-corrected chi connectivity index (χ3v) is 7.24. The molecule has 10 heteroatoms. The first-order valence-electron chi connectivity index (χ1n) is 12.2. The van der Waals surface area contributed by atoms with Crippen LogP contribution in [0.1, 0.15) is 55.6 Å². The fourth-order valence-electron chi connectivity index (χ4n) is 4.23. The quantitative estimate of drug-likeness (QED) is 0.615. The Balaban J connectivity index is 1.42. The molecule has 0 aliphatic carbocycles. The molecular formula is C26H33BFN3O5. The average molecular weight is 497 g/mol. The summed E-state index contributed by atoms with van der Waals surface area (Å²) in [7, 11) is -0.730. The smallest absolute Gasteiger partial charge is 0.471 e. The van der Waals surface area contributed by atoms with Gasteiger partial charge in [-0.15, -0.1) is 0 Å². The van der Waals surface area contributed by atoms with Crippen molar-refractivity contribution in [3.8, 4) is 5.88 Å². The van der Waals surface area contributed by atoms with Crippen molar-refractivity contribution in [1.82, 2.24) is 9.88 Å². The van der Waals surface area contributed by atoms with Crippen molar-refractivity contribution in [3.05, 3.63) is 53.2 Å². The monoisotopic (exact) mass is 497 g/mol. The van der Waals surface area contributed by atoms with E-state index in [4.69, 9.17) is 19.8 Å². The van der Waals surface area contributed by atoms with Crippen LogP contribution in [0.5, 0.6) is 5.88 Å². The molecule has 192 valence electrons. The van der Waals surface area contributed by atoms with Crippen LogP contribution in [0.15, 0.2) is 36.5 Å². The number of hydrogen-bond donors (Lipinski definition) is 1. The lowest BCUT2D eigenvalue weighted by Crippen LogP contribution is -2.49. The maximum absolute atomic E-state index is 15.1. The Morgan fingerprint density at radius 2 is 1.83 bits per heavy atom. The minimum Gasteiger partial charge on any atom is -0.471 e. The SMILES string of the molecule is Cc1ccc(CC(=O)N2CC[C@H](Oc3ncc(B4OC(C)(C)C(C)(C)O4)cc3C(N)=O)[C@H](F)C2)cc1. The second-order valence-corrected chi connectivity index (χ2v) is 10.5. The predicted molar refractivity (Wildman–Crippen MR) is 134 cm³/mol. The van der Waals surface area contributed by atoms with Crippen molar-refractivity contribution in [2.75, 3.05) is 13.1 Å². The first-order valence-corrected chi connectivity index (χ1v) is 12.2. The van der Waals surface area contributed by atoms with E-state index in [1.165, 1.54) is 17.2 Å². The zero-order chi connectivity index (χ0) is 26.3. The van der Waals surface area contributed by atoms with Crippen LogP contribution in [0.4, 0.5) is 4.39 Å². The third kappa shape index (κ3) is 5.39. The molecule has 2 aromatic rings. The van der Waals surface area contributed by atoms with E-state index in [1.807, 2.05) is 58.9 Å². The first-order chi connectivity index (χ1) is 16.9. The molecule has 2 aliphatic heterocycles. The van der Waals surface area contributed by atoms with E-state index >= 15 is 4.39 Å². The molecule has 0 unspecified atom stereocenters. The number of aryl methyl sites for hydroxylation is 1. The summed E-state index contributed by atoms with van der Waals surface area (Å²) in [5.41, 5.74) is 6.99.